The highest BCUT2D eigenvalue weighted by molar-refractivity contribution is 7.89. The van der Waals surface area contributed by atoms with Gasteiger partial charge >= 0.3 is 0 Å². The van der Waals surface area contributed by atoms with Gasteiger partial charge in [0.15, 0.2) is 5.03 Å². The summed E-state index contributed by atoms with van der Waals surface area (Å²) in [6.45, 7) is 0.615. The summed E-state index contributed by atoms with van der Waals surface area (Å²) in [4.78, 5) is 6.13. The van der Waals surface area contributed by atoms with Crippen LogP contribution in [0.1, 0.15) is 0 Å². The second-order valence-corrected chi connectivity index (χ2v) is 4.21. The van der Waals surface area contributed by atoms with Crippen molar-refractivity contribution in [2.24, 2.45) is 5.73 Å². The Bertz CT molecular complexity index is 382. The van der Waals surface area contributed by atoms with Gasteiger partial charge in [0, 0.05) is 13.1 Å². The van der Waals surface area contributed by atoms with Gasteiger partial charge in [-0.25, -0.2) is 18.1 Å². The lowest BCUT2D eigenvalue weighted by atomic mass is 10.5. The number of nitrogens with zero attached hydrogens (tertiary/aromatic N) is 1. The molecule has 14 heavy (non-hydrogen) atoms. The molecule has 1 aromatic heterocycles. The monoisotopic (exact) mass is 216 g/mol. The lowest BCUT2D eigenvalue weighted by Gasteiger charge is -2.00. The Hall–Kier alpha value is -1.18. The molecule has 0 aliphatic rings. The predicted molar refractivity (Wildman–Crippen MR) is 52.0 cm³/mol. The Balaban J connectivity index is 2.56. The molecule has 6 nitrogen and oxygen atoms in total. The largest absolute Gasteiger partial charge is 0.335 e. The quantitative estimate of drug-likeness (QED) is 0.561. The molecule has 78 valence electrons. The SMILES string of the molecule is NC/C=C/CNS(=O)(=O)c1cnc[nH]1. The van der Waals surface area contributed by atoms with E-state index in [0.717, 1.165) is 0 Å². The van der Waals surface area contributed by atoms with Crippen molar-refractivity contribution in [2.45, 2.75) is 5.03 Å². The Kier molecular flexibility index (Phi) is 3.81. The van der Waals surface area contributed by atoms with E-state index < -0.39 is 10.0 Å². The van der Waals surface area contributed by atoms with Crippen LogP contribution in [0.15, 0.2) is 29.7 Å². The van der Waals surface area contributed by atoms with E-state index in [-0.39, 0.29) is 11.6 Å². The number of nitrogens with two attached hydrogens (primary N) is 1. The van der Waals surface area contributed by atoms with E-state index in [2.05, 4.69) is 14.7 Å². The fraction of sp³-hybridized carbons (Fsp3) is 0.286. The average molecular weight is 216 g/mol. The van der Waals surface area contributed by atoms with Crippen LogP contribution in [0, 0.1) is 0 Å². The van der Waals surface area contributed by atoms with Crippen molar-refractivity contribution in [3.05, 3.63) is 24.7 Å². The van der Waals surface area contributed by atoms with Gasteiger partial charge in [0.2, 0.25) is 0 Å². The number of sulfonamides is 1. The Morgan fingerprint density at radius 2 is 2.36 bits per heavy atom. The van der Waals surface area contributed by atoms with E-state index in [1.165, 1.54) is 12.5 Å². The lowest BCUT2D eigenvalue weighted by molar-refractivity contribution is 0.582. The summed E-state index contributed by atoms with van der Waals surface area (Å²) in [5.41, 5.74) is 5.19. The van der Waals surface area contributed by atoms with Crippen LogP contribution in [0.5, 0.6) is 0 Å². The van der Waals surface area contributed by atoms with Crippen molar-refractivity contribution in [3.63, 3.8) is 0 Å². The number of aromatic nitrogens is 2. The summed E-state index contributed by atoms with van der Waals surface area (Å²) < 4.78 is 25.2. The van der Waals surface area contributed by atoms with Crippen LogP contribution >= 0.6 is 0 Å². The minimum absolute atomic E-state index is 0.0543. The molecule has 0 amide bonds. The van der Waals surface area contributed by atoms with Crippen LogP contribution in [-0.4, -0.2) is 31.5 Å². The lowest BCUT2D eigenvalue weighted by Crippen LogP contribution is -2.24. The first-order chi connectivity index (χ1) is 6.67. The molecule has 0 atom stereocenters. The molecule has 0 radical (unpaired) electrons. The molecule has 0 saturated heterocycles. The number of aromatic amines is 1. The minimum atomic E-state index is -3.46. The molecule has 0 unspecified atom stereocenters. The minimum Gasteiger partial charge on any atom is -0.335 e. The number of hydrogen-bond acceptors (Lipinski definition) is 4. The summed E-state index contributed by atoms with van der Waals surface area (Å²) in [5, 5.41) is 0.0543. The molecule has 0 aliphatic carbocycles. The van der Waals surface area contributed by atoms with Crippen molar-refractivity contribution in [1.29, 1.82) is 0 Å². The van der Waals surface area contributed by atoms with Gasteiger partial charge in [0.1, 0.15) is 0 Å². The van der Waals surface area contributed by atoms with Crippen LogP contribution in [0.2, 0.25) is 0 Å². The predicted octanol–water partition coefficient (Wildman–Crippen LogP) is -0.797. The zero-order chi connectivity index (χ0) is 10.4. The highest BCUT2D eigenvalue weighted by Gasteiger charge is 2.13. The maximum Gasteiger partial charge on any atom is 0.257 e. The average Bonchev–Trinajstić information content (AvgIpc) is 2.65. The third-order valence-electron chi connectivity index (χ3n) is 1.46. The van der Waals surface area contributed by atoms with E-state index in [1.54, 1.807) is 12.2 Å². The molecule has 0 spiro atoms. The van der Waals surface area contributed by atoms with Crippen molar-refractivity contribution in [1.82, 2.24) is 14.7 Å². The summed E-state index contributed by atoms with van der Waals surface area (Å²) in [6.07, 6.45) is 5.88. The van der Waals surface area contributed by atoms with Crippen LogP contribution < -0.4 is 10.5 Å². The van der Waals surface area contributed by atoms with Crippen molar-refractivity contribution >= 4 is 10.0 Å². The van der Waals surface area contributed by atoms with Gasteiger partial charge in [-0.2, -0.15) is 0 Å². The molecule has 0 aromatic carbocycles. The van der Waals surface area contributed by atoms with Crippen molar-refractivity contribution in [3.8, 4) is 0 Å². The van der Waals surface area contributed by atoms with Gasteiger partial charge in [-0.3, -0.25) is 0 Å². The molecule has 1 aromatic rings. The number of hydrogen-bond donors (Lipinski definition) is 3. The number of nitrogens with one attached hydrogen (secondary N) is 2. The van der Waals surface area contributed by atoms with Gasteiger partial charge in [0.05, 0.1) is 12.5 Å². The van der Waals surface area contributed by atoms with E-state index >= 15 is 0 Å². The van der Waals surface area contributed by atoms with E-state index in [1.807, 2.05) is 0 Å². The van der Waals surface area contributed by atoms with E-state index in [9.17, 15) is 8.42 Å². The maximum atomic E-state index is 11.4. The standard InChI is InChI=1S/C7H12N4O2S/c8-3-1-2-4-11-14(12,13)7-5-9-6-10-7/h1-2,5-6,11H,3-4,8H2,(H,9,10)/b2-1+. The summed E-state index contributed by atoms with van der Waals surface area (Å²) in [6, 6.07) is 0. The molecule has 7 heteroatoms. The van der Waals surface area contributed by atoms with Gasteiger partial charge in [-0.1, -0.05) is 12.2 Å². The number of rotatable bonds is 5. The van der Waals surface area contributed by atoms with E-state index in [0.29, 0.717) is 6.54 Å². The Labute approximate surface area is 82.3 Å². The first kappa shape index (κ1) is 10.9. The van der Waals surface area contributed by atoms with Gasteiger partial charge in [0.25, 0.3) is 10.0 Å². The Morgan fingerprint density at radius 1 is 1.57 bits per heavy atom. The van der Waals surface area contributed by atoms with Gasteiger partial charge < -0.3 is 10.7 Å². The molecule has 1 rings (SSSR count). The Morgan fingerprint density at radius 3 is 2.93 bits per heavy atom. The third kappa shape index (κ3) is 2.95. The molecule has 0 aliphatic heterocycles. The van der Waals surface area contributed by atoms with Crippen LogP contribution in [0.25, 0.3) is 0 Å². The zero-order valence-electron chi connectivity index (χ0n) is 7.47. The number of imidazole rings is 1. The van der Waals surface area contributed by atoms with Crippen LogP contribution in [-0.2, 0) is 10.0 Å². The molecule has 1 heterocycles. The van der Waals surface area contributed by atoms with Gasteiger partial charge in [-0.15, -0.1) is 0 Å². The maximum absolute atomic E-state index is 11.4. The zero-order valence-corrected chi connectivity index (χ0v) is 8.29. The molecular formula is C7H12N4O2S. The van der Waals surface area contributed by atoms with Crippen molar-refractivity contribution in [2.75, 3.05) is 13.1 Å². The normalized spacial score (nSPS) is 12.4. The molecular weight excluding hydrogens is 204 g/mol. The second kappa shape index (κ2) is 4.89. The van der Waals surface area contributed by atoms with Gasteiger partial charge in [-0.05, 0) is 0 Å². The molecule has 0 bridgehead atoms. The summed E-state index contributed by atoms with van der Waals surface area (Å²) in [5.74, 6) is 0. The highest BCUT2D eigenvalue weighted by atomic mass is 32.2. The first-order valence-electron chi connectivity index (χ1n) is 4.00. The summed E-state index contributed by atoms with van der Waals surface area (Å²) >= 11 is 0. The topological polar surface area (TPSA) is 101 Å². The third-order valence-corrected chi connectivity index (χ3v) is 2.81. The van der Waals surface area contributed by atoms with Crippen molar-refractivity contribution < 1.29 is 8.42 Å². The smallest absolute Gasteiger partial charge is 0.257 e. The first-order valence-corrected chi connectivity index (χ1v) is 5.48. The van der Waals surface area contributed by atoms with Crippen LogP contribution in [0.4, 0.5) is 0 Å². The highest BCUT2D eigenvalue weighted by Crippen LogP contribution is 2.00. The fourth-order valence-electron chi connectivity index (χ4n) is 0.805. The summed E-state index contributed by atoms with van der Waals surface area (Å²) in [7, 11) is -3.46. The fourth-order valence-corrected chi connectivity index (χ4v) is 1.68. The molecule has 0 fully saturated rings. The van der Waals surface area contributed by atoms with Crippen LogP contribution in [0.3, 0.4) is 0 Å². The van der Waals surface area contributed by atoms with E-state index in [4.69, 9.17) is 5.73 Å². The second-order valence-electron chi connectivity index (χ2n) is 2.47. The number of H-pyrrole nitrogens is 1. The molecule has 0 saturated carbocycles. The molecule has 4 N–H and O–H groups in total.